The molecule has 0 atom stereocenters. The zero-order chi connectivity index (χ0) is 14.6. The van der Waals surface area contributed by atoms with E-state index in [0.717, 1.165) is 36.8 Å². The Kier molecular flexibility index (Phi) is 5.08. The molecule has 110 valence electrons. The van der Waals surface area contributed by atoms with Crippen LogP contribution >= 0.6 is 11.6 Å². The third-order valence-corrected chi connectivity index (χ3v) is 3.94. The molecule has 4 heteroatoms. The molecule has 20 heavy (non-hydrogen) atoms. The van der Waals surface area contributed by atoms with E-state index in [1.165, 1.54) is 0 Å². The van der Waals surface area contributed by atoms with Crippen LogP contribution in [0, 0.1) is 0 Å². The normalized spacial score (nSPS) is 17.3. The summed E-state index contributed by atoms with van der Waals surface area (Å²) < 4.78 is 11.6. The predicted octanol–water partition coefficient (Wildman–Crippen LogP) is 4.26. The van der Waals surface area contributed by atoms with Crippen LogP contribution in [-0.2, 0) is 9.47 Å². The van der Waals surface area contributed by atoms with E-state index in [9.17, 15) is 0 Å². The highest BCUT2D eigenvalue weighted by Crippen LogP contribution is 2.34. The van der Waals surface area contributed by atoms with Gasteiger partial charge in [0.2, 0.25) is 0 Å². The Morgan fingerprint density at radius 3 is 2.65 bits per heavy atom. The van der Waals surface area contributed by atoms with Crippen molar-refractivity contribution >= 4 is 22.9 Å². The smallest absolute Gasteiger partial charge is 0.168 e. The number of hydrogen-bond donors (Lipinski definition) is 1. The number of ether oxygens (including phenoxy) is 2. The van der Waals surface area contributed by atoms with Crippen LogP contribution in [0.2, 0.25) is 5.02 Å². The van der Waals surface area contributed by atoms with Gasteiger partial charge in [-0.1, -0.05) is 37.6 Å². The van der Waals surface area contributed by atoms with Gasteiger partial charge in [0.1, 0.15) is 0 Å². The van der Waals surface area contributed by atoms with Crippen molar-refractivity contribution in [3.8, 4) is 0 Å². The zero-order valence-electron chi connectivity index (χ0n) is 12.0. The number of nitrogens with two attached hydrogens (primary N) is 1. The molecule has 1 aliphatic rings. The molecular weight excluding hydrogens is 274 g/mol. The molecule has 0 amide bonds. The molecule has 3 nitrogen and oxygen atoms in total. The minimum absolute atomic E-state index is 0.433. The molecule has 1 aliphatic heterocycles. The number of nitrogen functional groups attached to an aromatic ring is 1. The molecule has 0 unspecified atom stereocenters. The average Bonchev–Trinajstić information content (AvgIpc) is 2.85. The van der Waals surface area contributed by atoms with E-state index in [1.807, 2.05) is 12.1 Å². The summed E-state index contributed by atoms with van der Waals surface area (Å²) in [5.74, 6) is -0.433. The van der Waals surface area contributed by atoms with Gasteiger partial charge in [-0.15, -0.1) is 0 Å². The van der Waals surface area contributed by atoms with E-state index in [0.29, 0.717) is 23.9 Å². The highest BCUT2D eigenvalue weighted by Gasteiger charge is 2.35. The van der Waals surface area contributed by atoms with E-state index in [-0.39, 0.29) is 0 Å². The summed E-state index contributed by atoms with van der Waals surface area (Å²) in [5, 5.41) is 0.646. The van der Waals surface area contributed by atoms with Crippen LogP contribution in [0.4, 0.5) is 5.69 Å². The summed E-state index contributed by atoms with van der Waals surface area (Å²) >= 11 is 6.21. The fraction of sp³-hybridized carbons (Fsp3) is 0.500. The second kappa shape index (κ2) is 6.61. The second-order valence-corrected chi connectivity index (χ2v) is 5.61. The van der Waals surface area contributed by atoms with E-state index in [4.69, 9.17) is 26.8 Å². The number of allylic oxidation sites excluding steroid dienone is 1. The molecule has 0 radical (unpaired) electrons. The van der Waals surface area contributed by atoms with Crippen LogP contribution in [0.1, 0.15) is 38.2 Å². The fourth-order valence-corrected chi connectivity index (χ4v) is 2.91. The third-order valence-electron chi connectivity index (χ3n) is 3.63. The summed E-state index contributed by atoms with van der Waals surface area (Å²) in [6.45, 7) is 7.62. The zero-order valence-corrected chi connectivity index (χ0v) is 12.7. The van der Waals surface area contributed by atoms with Crippen molar-refractivity contribution in [1.29, 1.82) is 0 Å². The lowest BCUT2D eigenvalue weighted by molar-refractivity contribution is -0.165. The molecule has 0 spiro atoms. The van der Waals surface area contributed by atoms with E-state index >= 15 is 0 Å². The first-order valence-electron chi connectivity index (χ1n) is 7.07. The number of anilines is 1. The summed E-state index contributed by atoms with van der Waals surface area (Å²) in [5.41, 5.74) is 8.31. The van der Waals surface area contributed by atoms with Crippen molar-refractivity contribution < 1.29 is 9.47 Å². The summed E-state index contributed by atoms with van der Waals surface area (Å²) in [6, 6.07) is 5.52. The Hall–Kier alpha value is -1.03. The van der Waals surface area contributed by atoms with Gasteiger partial charge in [0.25, 0.3) is 0 Å². The number of benzene rings is 1. The summed E-state index contributed by atoms with van der Waals surface area (Å²) in [4.78, 5) is 0. The van der Waals surface area contributed by atoms with Gasteiger partial charge >= 0.3 is 0 Å². The highest BCUT2D eigenvalue weighted by molar-refractivity contribution is 6.32. The van der Waals surface area contributed by atoms with Crippen molar-refractivity contribution in [2.24, 2.45) is 0 Å². The second-order valence-electron chi connectivity index (χ2n) is 5.20. The maximum Gasteiger partial charge on any atom is 0.168 e. The molecular formula is C16H22ClNO2. The van der Waals surface area contributed by atoms with Crippen molar-refractivity contribution in [1.82, 2.24) is 0 Å². The Bertz CT molecular complexity index is 481. The molecule has 0 aliphatic carbocycles. The lowest BCUT2D eigenvalue weighted by Gasteiger charge is -2.27. The van der Waals surface area contributed by atoms with Gasteiger partial charge in [-0.05, 0) is 29.7 Å². The number of halogens is 1. The first kappa shape index (κ1) is 15.4. The topological polar surface area (TPSA) is 44.5 Å². The standard InChI is InChI=1S/C16H22ClNO2/c1-3-7-16(19-9-10-20-16)8-6-12(2)14-5-4-13(18)11-15(14)17/h4-5,11H,2-3,6-10,18H2,1H3. The first-order chi connectivity index (χ1) is 9.56. The molecule has 1 fully saturated rings. The van der Waals surface area contributed by atoms with Gasteiger partial charge in [-0.2, -0.15) is 0 Å². The van der Waals surface area contributed by atoms with Crippen molar-refractivity contribution in [2.45, 2.75) is 38.4 Å². The Morgan fingerprint density at radius 2 is 2.05 bits per heavy atom. The average molecular weight is 296 g/mol. The molecule has 1 aromatic rings. The number of hydrogen-bond acceptors (Lipinski definition) is 3. The van der Waals surface area contributed by atoms with Crippen LogP contribution in [-0.4, -0.2) is 19.0 Å². The van der Waals surface area contributed by atoms with E-state index in [2.05, 4.69) is 13.5 Å². The number of rotatable bonds is 6. The molecule has 2 N–H and O–H groups in total. The monoisotopic (exact) mass is 295 g/mol. The minimum atomic E-state index is -0.433. The quantitative estimate of drug-likeness (QED) is 0.798. The third kappa shape index (κ3) is 3.54. The van der Waals surface area contributed by atoms with Crippen molar-refractivity contribution in [2.75, 3.05) is 18.9 Å². The fourth-order valence-electron chi connectivity index (χ4n) is 2.59. The summed E-state index contributed by atoms with van der Waals surface area (Å²) in [7, 11) is 0. The molecule has 0 saturated carbocycles. The van der Waals surface area contributed by atoms with Crippen molar-refractivity contribution in [3.05, 3.63) is 35.4 Å². The Labute approximate surface area is 125 Å². The van der Waals surface area contributed by atoms with Crippen LogP contribution < -0.4 is 5.73 Å². The maximum atomic E-state index is 6.21. The van der Waals surface area contributed by atoms with Gasteiger partial charge in [0, 0.05) is 18.5 Å². The lowest BCUT2D eigenvalue weighted by atomic mass is 9.97. The lowest BCUT2D eigenvalue weighted by Crippen LogP contribution is -2.29. The van der Waals surface area contributed by atoms with Crippen LogP contribution in [0.5, 0.6) is 0 Å². The molecule has 2 rings (SSSR count). The van der Waals surface area contributed by atoms with Gasteiger partial charge in [-0.3, -0.25) is 0 Å². The Morgan fingerprint density at radius 1 is 1.35 bits per heavy atom. The molecule has 0 aromatic heterocycles. The molecule has 1 saturated heterocycles. The first-order valence-corrected chi connectivity index (χ1v) is 7.45. The molecule has 1 heterocycles. The van der Waals surface area contributed by atoms with E-state index < -0.39 is 5.79 Å². The van der Waals surface area contributed by atoms with Crippen molar-refractivity contribution in [3.63, 3.8) is 0 Å². The van der Waals surface area contributed by atoms with Crippen LogP contribution in [0.25, 0.3) is 5.57 Å². The summed E-state index contributed by atoms with van der Waals surface area (Å²) in [6.07, 6.45) is 3.55. The largest absolute Gasteiger partial charge is 0.399 e. The Balaban J connectivity index is 2.00. The SMILES string of the molecule is C=C(CCC1(CCC)OCCO1)c1ccc(N)cc1Cl. The van der Waals surface area contributed by atoms with Gasteiger partial charge < -0.3 is 15.2 Å². The minimum Gasteiger partial charge on any atom is -0.399 e. The van der Waals surface area contributed by atoms with Gasteiger partial charge in [0.05, 0.1) is 18.2 Å². The highest BCUT2D eigenvalue weighted by atomic mass is 35.5. The van der Waals surface area contributed by atoms with Gasteiger partial charge in [0.15, 0.2) is 5.79 Å². The predicted molar refractivity (Wildman–Crippen MR) is 83.7 cm³/mol. The van der Waals surface area contributed by atoms with Gasteiger partial charge in [-0.25, -0.2) is 0 Å². The molecule has 1 aromatic carbocycles. The van der Waals surface area contributed by atoms with Crippen LogP contribution in [0.3, 0.4) is 0 Å². The maximum absolute atomic E-state index is 6.21. The molecule has 0 bridgehead atoms. The van der Waals surface area contributed by atoms with E-state index in [1.54, 1.807) is 6.07 Å². The van der Waals surface area contributed by atoms with Crippen LogP contribution in [0.15, 0.2) is 24.8 Å².